The number of nitrogens with one attached hydrogen (secondary N) is 1. The van der Waals surface area contributed by atoms with E-state index in [0.717, 1.165) is 11.1 Å². The van der Waals surface area contributed by atoms with Gasteiger partial charge in [0.15, 0.2) is 0 Å². The molecule has 6 heteroatoms. The molecule has 0 bridgehead atoms. The smallest absolute Gasteiger partial charge is 0.236 e. The van der Waals surface area contributed by atoms with Crippen LogP contribution < -0.4 is 10.4 Å². The highest BCUT2D eigenvalue weighted by molar-refractivity contribution is 6.30. The van der Waals surface area contributed by atoms with Crippen molar-refractivity contribution in [1.82, 2.24) is 0 Å². The molecule has 136 valence electrons. The molecule has 0 spiro atoms. The Kier molecular flexibility index (Phi) is 5.79. The summed E-state index contributed by atoms with van der Waals surface area (Å²) < 4.78 is 0. The van der Waals surface area contributed by atoms with E-state index in [2.05, 4.69) is 5.32 Å². The zero-order valence-corrected chi connectivity index (χ0v) is 15.5. The van der Waals surface area contributed by atoms with Gasteiger partial charge in [-0.3, -0.25) is 4.79 Å². The van der Waals surface area contributed by atoms with Crippen molar-refractivity contribution in [3.63, 3.8) is 0 Å². The minimum Gasteiger partial charge on any atom is -0.545 e. The highest BCUT2D eigenvalue weighted by Gasteiger charge is 2.23. The molecule has 0 heterocycles. The lowest BCUT2D eigenvalue weighted by atomic mass is 9.90. The molecule has 0 saturated heterocycles. The van der Waals surface area contributed by atoms with E-state index in [-0.39, 0.29) is 11.5 Å². The van der Waals surface area contributed by atoms with E-state index in [4.69, 9.17) is 23.2 Å². The maximum atomic E-state index is 13.0. The average Bonchev–Trinajstić information content (AvgIpc) is 2.65. The number of carbonyl (C=O) groups is 2. The summed E-state index contributed by atoms with van der Waals surface area (Å²) in [7, 11) is 0. The third kappa shape index (κ3) is 4.67. The van der Waals surface area contributed by atoms with Crippen LogP contribution in [0.25, 0.3) is 0 Å². The Morgan fingerprint density at radius 3 is 1.81 bits per heavy atom. The number of hydrogen-bond acceptors (Lipinski definition) is 3. The zero-order chi connectivity index (χ0) is 19.4. The van der Waals surface area contributed by atoms with Crippen LogP contribution in [0.15, 0.2) is 72.8 Å². The summed E-state index contributed by atoms with van der Waals surface area (Å²) in [6, 6.07) is 19.9. The Morgan fingerprint density at radius 2 is 1.33 bits per heavy atom. The van der Waals surface area contributed by atoms with Gasteiger partial charge in [-0.15, -0.1) is 0 Å². The van der Waals surface area contributed by atoms with Gasteiger partial charge in [-0.25, -0.2) is 0 Å². The Balaban J connectivity index is 1.95. The molecule has 3 rings (SSSR count). The van der Waals surface area contributed by atoms with Crippen LogP contribution in [0.2, 0.25) is 10.0 Å². The first-order chi connectivity index (χ1) is 12.9. The third-order valence-electron chi connectivity index (χ3n) is 4.03. The second kappa shape index (κ2) is 8.25. The minimum atomic E-state index is -1.31. The molecule has 3 aromatic rings. The highest BCUT2D eigenvalue weighted by atomic mass is 35.5. The Labute approximate surface area is 166 Å². The summed E-state index contributed by atoms with van der Waals surface area (Å²) in [4.78, 5) is 24.1. The number of anilines is 1. The summed E-state index contributed by atoms with van der Waals surface area (Å²) in [5.41, 5.74) is 1.85. The van der Waals surface area contributed by atoms with E-state index in [1.165, 1.54) is 12.1 Å². The van der Waals surface area contributed by atoms with Gasteiger partial charge in [0.1, 0.15) is 0 Å². The van der Waals surface area contributed by atoms with Crippen molar-refractivity contribution in [3.8, 4) is 0 Å². The van der Waals surface area contributed by atoms with Gasteiger partial charge in [0.05, 0.1) is 11.9 Å². The summed E-state index contributed by atoms with van der Waals surface area (Å²) in [5, 5.41) is 14.9. The molecule has 0 aliphatic heterocycles. The van der Waals surface area contributed by atoms with Crippen molar-refractivity contribution in [2.45, 2.75) is 5.92 Å². The zero-order valence-electron chi connectivity index (χ0n) is 14.0. The molecule has 3 aromatic carbocycles. The average molecular weight is 399 g/mol. The van der Waals surface area contributed by atoms with Crippen molar-refractivity contribution < 1.29 is 14.7 Å². The van der Waals surface area contributed by atoms with Crippen LogP contribution in [0.5, 0.6) is 0 Å². The maximum Gasteiger partial charge on any atom is 0.236 e. The molecule has 4 nitrogen and oxygen atoms in total. The number of aromatic carboxylic acids is 1. The molecule has 0 unspecified atom stereocenters. The molecule has 27 heavy (non-hydrogen) atoms. The van der Waals surface area contributed by atoms with Crippen LogP contribution >= 0.6 is 23.2 Å². The SMILES string of the molecule is O=C([O-])c1cccc(NC(=O)C(c2ccc(Cl)cc2)c2ccc(Cl)cc2)c1. The first-order valence-corrected chi connectivity index (χ1v) is 8.83. The largest absolute Gasteiger partial charge is 0.545 e. The van der Waals surface area contributed by atoms with Gasteiger partial charge in [-0.1, -0.05) is 59.6 Å². The molecule has 1 N–H and O–H groups in total. The molecule has 0 radical (unpaired) electrons. The molecule has 0 aromatic heterocycles. The molecular weight excluding hydrogens is 385 g/mol. The van der Waals surface area contributed by atoms with Gasteiger partial charge >= 0.3 is 0 Å². The normalized spacial score (nSPS) is 10.6. The van der Waals surface area contributed by atoms with E-state index in [1.54, 1.807) is 60.7 Å². The van der Waals surface area contributed by atoms with Gasteiger partial charge < -0.3 is 15.2 Å². The Hall–Kier alpha value is -2.82. The quantitative estimate of drug-likeness (QED) is 0.702. The predicted octanol–water partition coefficient (Wildman–Crippen LogP) is 4.13. The lowest BCUT2D eigenvalue weighted by Gasteiger charge is -2.18. The second-order valence-corrected chi connectivity index (χ2v) is 6.77. The van der Waals surface area contributed by atoms with Gasteiger partial charge in [-0.2, -0.15) is 0 Å². The van der Waals surface area contributed by atoms with Crippen molar-refractivity contribution in [2.75, 3.05) is 5.32 Å². The van der Waals surface area contributed by atoms with E-state index in [1.807, 2.05) is 0 Å². The first kappa shape index (κ1) is 19.0. The number of amides is 1. The van der Waals surface area contributed by atoms with Crippen molar-refractivity contribution in [1.29, 1.82) is 0 Å². The highest BCUT2D eigenvalue weighted by Crippen LogP contribution is 2.28. The van der Waals surface area contributed by atoms with Crippen LogP contribution in [0.1, 0.15) is 27.4 Å². The van der Waals surface area contributed by atoms with Crippen LogP contribution in [0, 0.1) is 0 Å². The van der Waals surface area contributed by atoms with Gasteiger partial charge in [-0.05, 0) is 53.1 Å². The fourth-order valence-electron chi connectivity index (χ4n) is 2.74. The Bertz CT molecular complexity index is 924. The monoisotopic (exact) mass is 398 g/mol. The van der Waals surface area contributed by atoms with Crippen molar-refractivity contribution in [3.05, 3.63) is 99.5 Å². The summed E-state index contributed by atoms with van der Waals surface area (Å²) in [5.74, 6) is -2.24. The number of benzene rings is 3. The summed E-state index contributed by atoms with van der Waals surface area (Å²) in [6.07, 6.45) is 0. The van der Waals surface area contributed by atoms with E-state index in [0.29, 0.717) is 15.7 Å². The number of rotatable bonds is 5. The van der Waals surface area contributed by atoms with Crippen LogP contribution in [-0.2, 0) is 4.79 Å². The molecule has 0 aliphatic rings. The fourth-order valence-corrected chi connectivity index (χ4v) is 3.00. The predicted molar refractivity (Wildman–Crippen MR) is 104 cm³/mol. The molecule has 1 amide bonds. The van der Waals surface area contributed by atoms with Gasteiger partial charge in [0.25, 0.3) is 0 Å². The first-order valence-electron chi connectivity index (χ1n) is 8.07. The van der Waals surface area contributed by atoms with E-state index >= 15 is 0 Å². The number of carboxylic acids is 1. The molecule has 0 saturated carbocycles. The Morgan fingerprint density at radius 1 is 0.815 bits per heavy atom. The number of halogens is 2. The van der Waals surface area contributed by atoms with Crippen LogP contribution in [-0.4, -0.2) is 11.9 Å². The lowest BCUT2D eigenvalue weighted by molar-refractivity contribution is -0.255. The number of hydrogen-bond donors (Lipinski definition) is 1. The number of carbonyl (C=O) groups excluding carboxylic acids is 2. The number of carboxylic acid groups (broad SMARTS) is 1. The molecule has 0 aliphatic carbocycles. The van der Waals surface area contributed by atoms with Crippen molar-refractivity contribution in [2.24, 2.45) is 0 Å². The molecular formula is C21H14Cl2NO3-. The van der Waals surface area contributed by atoms with Gasteiger partial charge in [0.2, 0.25) is 5.91 Å². The van der Waals surface area contributed by atoms with Crippen molar-refractivity contribution >= 4 is 40.8 Å². The summed E-state index contributed by atoms with van der Waals surface area (Å²) in [6.45, 7) is 0. The fraction of sp³-hybridized carbons (Fsp3) is 0.0476. The van der Waals surface area contributed by atoms with Crippen LogP contribution in [0.3, 0.4) is 0 Å². The van der Waals surface area contributed by atoms with Crippen LogP contribution in [0.4, 0.5) is 5.69 Å². The standard InChI is InChI=1S/C21H15Cl2NO3/c22-16-8-4-13(5-9-16)19(14-6-10-17(23)11-7-14)20(25)24-18-3-1-2-15(12-18)21(26)27/h1-12,19H,(H,24,25)(H,26,27)/p-1. The third-order valence-corrected chi connectivity index (χ3v) is 4.54. The maximum absolute atomic E-state index is 13.0. The topological polar surface area (TPSA) is 69.2 Å². The van der Waals surface area contributed by atoms with Gasteiger partial charge in [0, 0.05) is 15.7 Å². The lowest BCUT2D eigenvalue weighted by Crippen LogP contribution is -2.24. The minimum absolute atomic E-state index is 0.0117. The summed E-state index contributed by atoms with van der Waals surface area (Å²) >= 11 is 11.9. The molecule has 0 fully saturated rings. The molecule has 0 atom stereocenters. The second-order valence-electron chi connectivity index (χ2n) is 5.89. The van der Waals surface area contributed by atoms with E-state index in [9.17, 15) is 14.7 Å². The van der Waals surface area contributed by atoms with E-state index < -0.39 is 11.9 Å².